The normalized spacial score (nSPS) is 19.5. The lowest BCUT2D eigenvalue weighted by Gasteiger charge is -2.08. The summed E-state index contributed by atoms with van der Waals surface area (Å²) in [6.45, 7) is 0.534. The van der Waals surface area contributed by atoms with Gasteiger partial charge in [0.05, 0.1) is 18.1 Å². The summed E-state index contributed by atoms with van der Waals surface area (Å²) in [7, 11) is -1.05. The van der Waals surface area contributed by atoms with Gasteiger partial charge in [0.1, 0.15) is 11.6 Å². The Morgan fingerprint density at radius 1 is 1.33 bits per heavy atom. The van der Waals surface area contributed by atoms with E-state index in [2.05, 4.69) is 10.2 Å². The Labute approximate surface area is 150 Å². The molecule has 0 N–H and O–H groups in total. The number of aromatic nitrogens is 3. The lowest BCUT2D eigenvalue weighted by molar-refractivity contribution is 0.344. The Balaban J connectivity index is 1.52. The van der Waals surface area contributed by atoms with Crippen molar-refractivity contribution in [3.8, 4) is 5.75 Å². The van der Waals surface area contributed by atoms with Gasteiger partial charge in [0, 0.05) is 23.7 Å². The number of halogens is 1. The quantitative estimate of drug-likeness (QED) is 0.560. The van der Waals surface area contributed by atoms with E-state index in [4.69, 9.17) is 16.3 Å². The van der Waals surface area contributed by atoms with E-state index in [1.54, 1.807) is 12.1 Å². The molecule has 0 unspecified atom stereocenters. The Kier molecular flexibility index (Phi) is 5.36. The molecule has 9 heteroatoms. The van der Waals surface area contributed by atoms with E-state index in [1.165, 1.54) is 11.8 Å². The van der Waals surface area contributed by atoms with Gasteiger partial charge < -0.3 is 9.30 Å². The molecule has 1 atom stereocenters. The Hall–Kier alpha value is -1.25. The Morgan fingerprint density at radius 2 is 2.08 bits per heavy atom. The lowest BCUT2D eigenvalue weighted by Crippen LogP contribution is -2.09. The first-order chi connectivity index (χ1) is 11.4. The molecule has 1 aliphatic rings. The summed E-state index contributed by atoms with van der Waals surface area (Å²) in [6.07, 6.45) is 0.624. The summed E-state index contributed by atoms with van der Waals surface area (Å²) in [5.41, 5.74) is 0. The highest BCUT2D eigenvalue weighted by Crippen LogP contribution is 2.29. The molecule has 0 bridgehead atoms. The van der Waals surface area contributed by atoms with Crippen molar-refractivity contribution in [3.05, 3.63) is 35.1 Å². The first-order valence-electron chi connectivity index (χ1n) is 7.55. The molecule has 0 amide bonds. The fraction of sp³-hybridized carbons (Fsp3) is 0.467. The van der Waals surface area contributed by atoms with Crippen molar-refractivity contribution in [3.63, 3.8) is 0 Å². The van der Waals surface area contributed by atoms with E-state index >= 15 is 0 Å². The van der Waals surface area contributed by atoms with Crippen molar-refractivity contribution in [1.82, 2.24) is 14.8 Å². The average molecular weight is 388 g/mol. The van der Waals surface area contributed by atoms with Crippen LogP contribution in [0.3, 0.4) is 0 Å². The molecule has 24 heavy (non-hydrogen) atoms. The molecule has 0 saturated carbocycles. The van der Waals surface area contributed by atoms with Crippen LogP contribution in [0.4, 0.5) is 0 Å². The van der Waals surface area contributed by atoms with Crippen LogP contribution in [0.25, 0.3) is 0 Å². The third-order valence-electron chi connectivity index (χ3n) is 3.86. The van der Waals surface area contributed by atoms with Crippen LogP contribution in [0.15, 0.2) is 29.4 Å². The molecule has 2 heterocycles. The molecule has 130 valence electrons. The third-order valence-corrected chi connectivity index (χ3v) is 6.87. The van der Waals surface area contributed by atoms with Crippen LogP contribution >= 0.6 is 23.4 Å². The molecule has 1 aromatic carbocycles. The molecule has 0 radical (unpaired) electrons. The number of thioether (sulfide) groups is 1. The predicted molar refractivity (Wildman–Crippen MR) is 94.7 cm³/mol. The monoisotopic (exact) mass is 387 g/mol. The van der Waals surface area contributed by atoms with E-state index in [0.29, 0.717) is 18.1 Å². The lowest BCUT2D eigenvalue weighted by atomic mass is 10.1. The van der Waals surface area contributed by atoms with Crippen LogP contribution in [-0.2, 0) is 16.9 Å². The first-order valence-corrected chi connectivity index (χ1v) is 10.7. The van der Waals surface area contributed by atoms with Gasteiger partial charge in [0.25, 0.3) is 0 Å². The fourth-order valence-electron chi connectivity index (χ4n) is 2.63. The smallest absolute Gasteiger partial charge is 0.191 e. The van der Waals surface area contributed by atoms with Gasteiger partial charge in [-0.05, 0) is 30.7 Å². The van der Waals surface area contributed by atoms with Gasteiger partial charge in [0.15, 0.2) is 15.0 Å². The third kappa shape index (κ3) is 4.23. The molecule has 2 aromatic rings. The van der Waals surface area contributed by atoms with Gasteiger partial charge in [-0.3, -0.25) is 0 Å². The number of ether oxygens (including phenoxy) is 1. The Bertz CT molecular complexity index is 806. The van der Waals surface area contributed by atoms with Gasteiger partial charge in [-0.1, -0.05) is 23.4 Å². The number of hydrogen-bond donors (Lipinski definition) is 0. The van der Waals surface area contributed by atoms with Crippen LogP contribution in [0, 0.1) is 0 Å². The summed E-state index contributed by atoms with van der Waals surface area (Å²) >= 11 is 7.37. The van der Waals surface area contributed by atoms with Crippen molar-refractivity contribution >= 4 is 33.2 Å². The fourth-order valence-corrected chi connectivity index (χ4v) is 5.23. The van der Waals surface area contributed by atoms with Gasteiger partial charge in [-0.2, -0.15) is 0 Å². The summed E-state index contributed by atoms with van der Waals surface area (Å²) in [4.78, 5) is 0. The number of benzene rings is 1. The van der Waals surface area contributed by atoms with E-state index in [9.17, 15) is 8.42 Å². The van der Waals surface area contributed by atoms with Crippen LogP contribution in [-0.4, -0.2) is 47.0 Å². The minimum atomic E-state index is -2.92. The predicted octanol–water partition coefficient (Wildman–Crippen LogP) is 2.54. The van der Waals surface area contributed by atoms with Crippen molar-refractivity contribution < 1.29 is 13.2 Å². The zero-order valence-electron chi connectivity index (χ0n) is 13.2. The van der Waals surface area contributed by atoms with Crippen molar-refractivity contribution in [2.45, 2.75) is 17.5 Å². The number of rotatable bonds is 6. The molecule has 6 nitrogen and oxygen atoms in total. The van der Waals surface area contributed by atoms with Crippen LogP contribution in [0.2, 0.25) is 5.02 Å². The highest BCUT2D eigenvalue weighted by Gasteiger charge is 2.32. The van der Waals surface area contributed by atoms with Crippen molar-refractivity contribution in [1.29, 1.82) is 0 Å². The first kappa shape index (κ1) is 17.6. The summed E-state index contributed by atoms with van der Waals surface area (Å²) in [5, 5.41) is 9.80. The van der Waals surface area contributed by atoms with Gasteiger partial charge >= 0.3 is 0 Å². The topological polar surface area (TPSA) is 74.1 Å². The number of hydrogen-bond acceptors (Lipinski definition) is 6. The average Bonchev–Trinajstić information content (AvgIpc) is 3.08. The van der Waals surface area contributed by atoms with Crippen LogP contribution in [0.5, 0.6) is 5.75 Å². The van der Waals surface area contributed by atoms with Crippen LogP contribution in [0.1, 0.15) is 18.2 Å². The maximum Gasteiger partial charge on any atom is 0.191 e. The Morgan fingerprint density at radius 3 is 2.75 bits per heavy atom. The number of nitrogens with zero attached hydrogens (tertiary/aromatic N) is 3. The second-order valence-electron chi connectivity index (χ2n) is 5.65. The molecule has 1 aromatic heterocycles. The SMILES string of the molecule is Cn1c(SCCOc2ccc(Cl)cc2)nnc1[C@H]1CCS(=O)(=O)C1. The highest BCUT2D eigenvalue weighted by molar-refractivity contribution is 7.99. The molecule has 0 aliphatic carbocycles. The zero-order chi connectivity index (χ0) is 17.2. The zero-order valence-corrected chi connectivity index (χ0v) is 15.6. The van der Waals surface area contributed by atoms with Gasteiger partial charge in [-0.25, -0.2) is 8.42 Å². The standard InChI is InChI=1S/C15H18ClN3O3S2/c1-19-14(11-6-9-24(20,21)10-11)17-18-15(19)23-8-7-22-13-4-2-12(16)3-5-13/h2-5,11H,6-10H2,1H3/t11-/m0/s1. The van der Waals surface area contributed by atoms with Gasteiger partial charge in [-0.15, -0.1) is 10.2 Å². The summed E-state index contributed by atoms with van der Waals surface area (Å²) in [5.74, 6) is 2.60. The second-order valence-corrected chi connectivity index (χ2v) is 9.38. The van der Waals surface area contributed by atoms with E-state index in [1.807, 2.05) is 23.7 Å². The highest BCUT2D eigenvalue weighted by atomic mass is 35.5. The maximum atomic E-state index is 11.6. The molecule has 3 rings (SSSR count). The van der Waals surface area contributed by atoms with Crippen molar-refractivity contribution in [2.75, 3.05) is 23.9 Å². The molecule has 1 aliphatic heterocycles. The molecule has 0 spiro atoms. The van der Waals surface area contributed by atoms with E-state index < -0.39 is 9.84 Å². The molecule has 1 saturated heterocycles. The second kappa shape index (κ2) is 7.33. The minimum Gasteiger partial charge on any atom is -0.493 e. The van der Waals surface area contributed by atoms with Crippen LogP contribution < -0.4 is 4.74 Å². The molecular formula is C15H18ClN3O3S2. The maximum absolute atomic E-state index is 11.6. The molecular weight excluding hydrogens is 370 g/mol. The summed E-state index contributed by atoms with van der Waals surface area (Å²) in [6, 6.07) is 7.23. The van der Waals surface area contributed by atoms with E-state index in [0.717, 1.165) is 22.5 Å². The van der Waals surface area contributed by atoms with Crippen molar-refractivity contribution in [2.24, 2.45) is 7.05 Å². The van der Waals surface area contributed by atoms with Gasteiger partial charge in [0.2, 0.25) is 0 Å². The summed E-state index contributed by atoms with van der Waals surface area (Å²) < 4.78 is 30.8. The molecule has 1 fully saturated rings. The minimum absolute atomic E-state index is 0.0489. The van der Waals surface area contributed by atoms with E-state index in [-0.39, 0.29) is 17.4 Å². The largest absolute Gasteiger partial charge is 0.493 e. The number of sulfone groups is 1.